The highest BCUT2D eigenvalue weighted by Gasteiger charge is 2.12. The number of amides is 1. The van der Waals surface area contributed by atoms with E-state index in [0.29, 0.717) is 0 Å². The molecule has 6 heteroatoms. The van der Waals surface area contributed by atoms with Crippen molar-refractivity contribution in [3.8, 4) is 0 Å². The smallest absolute Gasteiger partial charge is 0.245 e. The van der Waals surface area contributed by atoms with Crippen LogP contribution in [0.5, 0.6) is 0 Å². The largest absolute Gasteiger partial charge is 0.368 e. The Kier molecular flexibility index (Phi) is 4.33. The van der Waals surface area contributed by atoms with Crippen LogP contribution < -0.4 is 11.2 Å². The number of hydroxylamine groups is 1. The molecule has 0 saturated carbocycles. The summed E-state index contributed by atoms with van der Waals surface area (Å²) in [5.41, 5.74) is 7.34. The van der Waals surface area contributed by atoms with Gasteiger partial charge in [0.15, 0.2) is 0 Å². The summed E-state index contributed by atoms with van der Waals surface area (Å²) in [6.07, 6.45) is 0. The quantitative estimate of drug-likeness (QED) is 0.742. The van der Waals surface area contributed by atoms with Gasteiger partial charge < -0.3 is 5.73 Å². The van der Waals surface area contributed by atoms with Gasteiger partial charge in [0.2, 0.25) is 5.91 Å². The number of primary amides is 1. The molecule has 0 radical (unpaired) electrons. The number of hydrogen-bond donors (Lipinski definition) is 2. The van der Waals surface area contributed by atoms with Gasteiger partial charge in [-0.2, -0.15) is 5.48 Å². The van der Waals surface area contributed by atoms with Gasteiger partial charge in [0.25, 0.3) is 0 Å². The van der Waals surface area contributed by atoms with Crippen LogP contribution in [-0.2, 0) is 9.63 Å². The summed E-state index contributed by atoms with van der Waals surface area (Å²) in [4.78, 5) is 15.1. The molecule has 4 nitrogen and oxygen atoms in total. The van der Waals surface area contributed by atoms with E-state index in [1.807, 2.05) is 0 Å². The molecule has 1 atom stereocenters. The van der Waals surface area contributed by atoms with Gasteiger partial charge in [-0.1, -0.05) is 0 Å². The van der Waals surface area contributed by atoms with Crippen LogP contribution >= 0.6 is 0 Å². The number of carbonyl (C=O) groups excluding carboxylic acids is 1. The minimum atomic E-state index is -0.653. The lowest BCUT2D eigenvalue weighted by Gasteiger charge is -2.14. The second kappa shape index (κ2) is 5.53. The zero-order valence-electron chi connectivity index (χ0n) is 8.67. The standard InChI is InChI=1S/C10H12F2N2O2/c1-6(14-16-5-10(13)15)8-4-7(11)2-3-9(8)12/h2-4,6,14H,5H2,1H3,(H2,13,15). The van der Waals surface area contributed by atoms with Crippen molar-refractivity contribution in [1.82, 2.24) is 5.48 Å². The Bertz CT molecular complexity index is 385. The first kappa shape index (κ1) is 12.5. The van der Waals surface area contributed by atoms with Gasteiger partial charge in [0, 0.05) is 5.56 Å². The van der Waals surface area contributed by atoms with E-state index in [0.717, 1.165) is 18.2 Å². The van der Waals surface area contributed by atoms with Crippen LogP contribution in [0.2, 0.25) is 0 Å². The maximum Gasteiger partial charge on any atom is 0.245 e. The molecule has 1 unspecified atom stereocenters. The van der Waals surface area contributed by atoms with Gasteiger partial charge in [-0.3, -0.25) is 9.63 Å². The number of hydrogen-bond acceptors (Lipinski definition) is 3. The lowest BCUT2D eigenvalue weighted by Crippen LogP contribution is -2.27. The van der Waals surface area contributed by atoms with E-state index in [1.54, 1.807) is 6.92 Å². The maximum absolute atomic E-state index is 13.3. The van der Waals surface area contributed by atoms with E-state index in [9.17, 15) is 13.6 Å². The van der Waals surface area contributed by atoms with Crippen LogP contribution in [-0.4, -0.2) is 12.5 Å². The second-order valence-corrected chi connectivity index (χ2v) is 3.26. The second-order valence-electron chi connectivity index (χ2n) is 3.26. The zero-order valence-corrected chi connectivity index (χ0v) is 8.67. The number of halogens is 2. The SMILES string of the molecule is CC(NOCC(N)=O)c1cc(F)ccc1F. The molecule has 0 spiro atoms. The molecule has 16 heavy (non-hydrogen) atoms. The van der Waals surface area contributed by atoms with Crippen LogP contribution in [0.4, 0.5) is 8.78 Å². The number of nitrogens with one attached hydrogen (secondary N) is 1. The van der Waals surface area contributed by atoms with Crippen molar-refractivity contribution < 1.29 is 18.4 Å². The minimum absolute atomic E-state index is 0.115. The zero-order chi connectivity index (χ0) is 12.1. The Balaban J connectivity index is 2.61. The highest BCUT2D eigenvalue weighted by Crippen LogP contribution is 2.17. The summed E-state index contributed by atoms with van der Waals surface area (Å²) in [5.74, 6) is -1.75. The molecule has 0 aliphatic rings. The summed E-state index contributed by atoms with van der Waals surface area (Å²) >= 11 is 0. The molecule has 0 aliphatic heterocycles. The van der Waals surface area contributed by atoms with Crippen molar-refractivity contribution in [2.24, 2.45) is 5.73 Å². The van der Waals surface area contributed by atoms with Crippen LogP contribution in [0.1, 0.15) is 18.5 Å². The fraction of sp³-hybridized carbons (Fsp3) is 0.300. The molecule has 1 aromatic carbocycles. The van der Waals surface area contributed by atoms with Crippen molar-refractivity contribution >= 4 is 5.91 Å². The predicted octanol–water partition coefficient (Wildman–Crippen LogP) is 1.03. The molecular formula is C10H12F2N2O2. The summed E-state index contributed by atoms with van der Waals surface area (Å²) in [5, 5.41) is 0. The fourth-order valence-electron chi connectivity index (χ4n) is 1.15. The summed E-state index contributed by atoms with van der Waals surface area (Å²) in [6.45, 7) is 1.24. The van der Waals surface area contributed by atoms with Crippen LogP contribution in [0, 0.1) is 11.6 Å². The fourth-order valence-corrected chi connectivity index (χ4v) is 1.15. The lowest BCUT2D eigenvalue weighted by atomic mass is 10.1. The third-order valence-corrected chi connectivity index (χ3v) is 1.90. The van der Waals surface area contributed by atoms with Gasteiger partial charge in [0.1, 0.15) is 18.2 Å². The Morgan fingerprint density at radius 3 is 2.88 bits per heavy atom. The molecule has 0 bridgehead atoms. The van der Waals surface area contributed by atoms with E-state index in [4.69, 9.17) is 10.6 Å². The Morgan fingerprint density at radius 2 is 2.25 bits per heavy atom. The van der Waals surface area contributed by atoms with E-state index < -0.39 is 23.6 Å². The van der Waals surface area contributed by atoms with Crippen molar-refractivity contribution in [1.29, 1.82) is 0 Å². The first-order valence-electron chi connectivity index (χ1n) is 4.61. The van der Waals surface area contributed by atoms with E-state index >= 15 is 0 Å². The number of benzene rings is 1. The summed E-state index contributed by atoms with van der Waals surface area (Å²) < 4.78 is 26.1. The van der Waals surface area contributed by atoms with Crippen molar-refractivity contribution in [3.63, 3.8) is 0 Å². The average molecular weight is 230 g/mol. The minimum Gasteiger partial charge on any atom is -0.368 e. The Morgan fingerprint density at radius 1 is 1.56 bits per heavy atom. The Labute approximate surface area is 91.3 Å². The summed E-state index contributed by atoms with van der Waals surface area (Å²) in [7, 11) is 0. The average Bonchev–Trinajstić information content (AvgIpc) is 2.21. The monoisotopic (exact) mass is 230 g/mol. The van der Waals surface area contributed by atoms with Crippen molar-refractivity contribution in [2.45, 2.75) is 13.0 Å². The lowest BCUT2D eigenvalue weighted by molar-refractivity contribution is -0.126. The Hall–Kier alpha value is -1.53. The molecule has 3 N–H and O–H groups in total. The molecule has 0 aromatic heterocycles. The van der Waals surface area contributed by atoms with Crippen LogP contribution in [0.25, 0.3) is 0 Å². The molecular weight excluding hydrogens is 218 g/mol. The number of rotatable bonds is 5. The van der Waals surface area contributed by atoms with Gasteiger partial charge in [-0.25, -0.2) is 8.78 Å². The normalized spacial score (nSPS) is 12.4. The van der Waals surface area contributed by atoms with Gasteiger partial charge in [-0.05, 0) is 25.1 Å². The van der Waals surface area contributed by atoms with E-state index in [2.05, 4.69) is 5.48 Å². The predicted molar refractivity (Wildman–Crippen MR) is 53.1 cm³/mol. The van der Waals surface area contributed by atoms with Crippen LogP contribution in [0.3, 0.4) is 0 Å². The topological polar surface area (TPSA) is 64.3 Å². The van der Waals surface area contributed by atoms with E-state index in [1.165, 1.54) is 0 Å². The van der Waals surface area contributed by atoms with Gasteiger partial charge in [-0.15, -0.1) is 0 Å². The molecule has 0 aliphatic carbocycles. The van der Waals surface area contributed by atoms with Crippen LogP contribution in [0.15, 0.2) is 18.2 Å². The molecule has 0 saturated heterocycles. The van der Waals surface area contributed by atoms with Crippen molar-refractivity contribution in [3.05, 3.63) is 35.4 Å². The third kappa shape index (κ3) is 3.56. The molecule has 1 amide bonds. The van der Waals surface area contributed by atoms with Crippen molar-refractivity contribution in [2.75, 3.05) is 6.61 Å². The third-order valence-electron chi connectivity index (χ3n) is 1.90. The van der Waals surface area contributed by atoms with Gasteiger partial charge >= 0.3 is 0 Å². The highest BCUT2D eigenvalue weighted by molar-refractivity contribution is 5.74. The number of nitrogens with two attached hydrogens (primary N) is 1. The first-order valence-corrected chi connectivity index (χ1v) is 4.61. The van der Waals surface area contributed by atoms with E-state index in [-0.39, 0.29) is 12.2 Å². The molecule has 0 heterocycles. The molecule has 88 valence electrons. The summed E-state index contributed by atoms with van der Waals surface area (Å²) in [6, 6.07) is 2.52. The first-order chi connectivity index (χ1) is 7.50. The highest BCUT2D eigenvalue weighted by atomic mass is 19.1. The maximum atomic E-state index is 13.3. The van der Waals surface area contributed by atoms with Gasteiger partial charge in [0.05, 0.1) is 6.04 Å². The number of carbonyl (C=O) groups is 1. The molecule has 1 rings (SSSR count). The molecule has 1 aromatic rings. The molecule has 0 fully saturated rings.